The summed E-state index contributed by atoms with van der Waals surface area (Å²) < 4.78 is 6.00. The fourth-order valence-electron chi connectivity index (χ4n) is 3.33. The Morgan fingerprint density at radius 3 is 2.83 bits per heavy atom. The van der Waals surface area contributed by atoms with Crippen LogP contribution in [0.1, 0.15) is 46.5 Å². The van der Waals surface area contributed by atoms with E-state index in [0.717, 1.165) is 35.6 Å². The number of ether oxygens (including phenoxy) is 1. The minimum absolute atomic E-state index is 0.00584. The average Bonchev–Trinajstić information content (AvgIpc) is 2.93. The number of aromatic nitrogens is 3. The molecule has 24 heavy (non-hydrogen) atoms. The predicted octanol–water partition coefficient (Wildman–Crippen LogP) is 2.01. The van der Waals surface area contributed by atoms with E-state index >= 15 is 0 Å². The van der Waals surface area contributed by atoms with E-state index in [9.17, 15) is 4.79 Å². The first-order valence-electron chi connectivity index (χ1n) is 8.32. The third kappa shape index (κ3) is 2.38. The van der Waals surface area contributed by atoms with Crippen molar-refractivity contribution in [2.75, 3.05) is 13.1 Å². The molecule has 0 N–H and O–H groups in total. The molecule has 2 aliphatic rings. The standard InChI is InChI=1S/C18H20N4O2/c1-3-4-16-20-8-14-15(21-16)9-24-18(14)10-22(11-18)17(23)13-6-5-12(2)19-7-13/h5-8H,3-4,9-11H2,1-2H3. The topological polar surface area (TPSA) is 68.2 Å². The maximum absolute atomic E-state index is 12.5. The molecule has 0 aromatic carbocycles. The largest absolute Gasteiger partial charge is 0.360 e. The molecule has 1 saturated heterocycles. The number of fused-ring (bicyclic) bond motifs is 2. The van der Waals surface area contributed by atoms with Gasteiger partial charge in [0, 0.05) is 30.1 Å². The SMILES string of the molecule is CCCc1ncc2c(n1)COC21CN(C(=O)c2ccc(C)nc2)C1. The number of pyridine rings is 1. The quantitative estimate of drug-likeness (QED) is 0.864. The van der Waals surface area contributed by atoms with Crippen LogP contribution in [-0.4, -0.2) is 38.8 Å². The fraction of sp³-hybridized carbons (Fsp3) is 0.444. The van der Waals surface area contributed by atoms with E-state index in [4.69, 9.17) is 4.74 Å². The van der Waals surface area contributed by atoms with Gasteiger partial charge in [0.1, 0.15) is 11.4 Å². The molecule has 4 rings (SSSR count). The zero-order valence-electron chi connectivity index (χ0n) is 14.0. The summed E-state index contributed by atoms with van der Waals surface area (Å²) in [6.45, 7) is 5.61. The molecule has 0 atom stereocenters. The molecular formula is C18H20N4O2. The molecule has 2 aromatic rings. The normalized spacial score (nSPS) is 17.7. The lowest BCUT2D eigenvalue weighted by Gasteiger charge is -2.47. The Morgan fingerprint density at radius 2 is 2.12 bits per heavy atom. The third-order valence-corrected chi connectivity index (χ3v) is 4.71. The van der Waals surface area contributed by atoms with Crippen molar-refractivity contribution in [3.8, 4) is 0 Å². The molecule has 4 heterocycles. The molecule has 1 spiro atoms. The lowest BCUT2D eigenvalue weighted by Crippen LogP contribution is -2.61. The van der Waals surface area contributed by atoms with Gasteiger partial charge in [-0.1, -0.05) is 6.92 Å². The van der Waals surface area contributed by atoms with E-state index < -0.39 is 5.60 Å². The second-order valence-corrected chi connectivity index (χ2v) is 6.53. The van der Waals surface area contributed by atoms with Crippen molar-refractivity contribution in [3.05, 3.63) is 52.9 Å². The number of carbonyl (C=O) groups excluding carboxylic acids is 1. The molecule has 0 unspecified atom stereocenters. The van der Waals surface area contributed by atoms with Crippen LogP contribution in [0.5, 0.6) is 0 Å². The van der Waals surface area contributed by atoms with Gasteiger partial charge in [-0.05, 0) is 25.5 Å². The molecular weight excluding hydrogens is 304 g/mol. The van der Waals surface area contributed by atoms with Gasteiger partial charge in [-0.15, -0.1) is 0 Å². The van der Waals surface area contributed by atoms with Gasteiger partial charge in [0.2, 0.25) is 0 Å². The Balaban J connectivity index is 1.50. The second-order valence-electron chi connectivity index (χ2n) is 6.53. The third-order valence-electron chi connectivity index (χ3n) is 4.71. The molecule has 0 radical (unpaired) electrons. The van der Waals surface area contributed by atoms with Gasteiger partial charge in [-0.2, -0.15) is 0 Å². The number of nitrogens with zero attached hydrogens (tertiary/aromatic N) is 4. The molecule has 0 saturated carbocycles. The van der Waals surface area contributed by atoms with Crippen LogP contribution in [0.3, 0.4) is 0 Å². The van der Waals surface area contributed by atoms with Crippen LogP contribution in [0.25, 0.3) is 0 Å². The Bertz CT molecular complexity index is 782. The summed E-state index contributed by atoms with van der Waals surface area (Å²) in [4.78, 5) is 27.6. The van der Waals surface area contributed by atoms with Crippen molar-refractivity contribution < 1.29 is 9.53 Å². The number of carbonyl (C=O) groups is 1. The average molecular weight is 324 g/mol. The highest BCUT2D eigenvalue weighted by Gasteiger charge is 2.52. The van der Waals surface area contributed by atoms with E-state index in [1.165, 1.54) is 0 Å². The van der Waals surface area contributed by atoms with Crippen LogP contribution >= 0.6 is 0 Å². The first-order valence-corrected chi connectivity index (χ1v) is 8.32. The van der Waals surface area contributed by atoms with Crippen molar-refractivity contribution in [2.45, 2.75) is 38.9 Å². The zero-order valence-corrected chi connectivity index (χ0v) is 14.0. The smallest absolute Gasteiger partial charge is 0.255 e. The molecule has 124 valence electrons. The van der Waals surface area contributed by atoms with E-state index in [1.54, 1.807) is 11.1 Å². The highest BCUT2D eigenvalue weighted by molar-refractivity contribution is 5.94. The summed E-state index contributed by atoms with van der Waals surface area (Å²) in [6, 6.07) is 3.67. The van der Waals surface area contributed by atoms with Crippen molar-refractivity contribution in [3.63, 3.8) is 0 Å². The number of hydrogen-bond acceptors (Lipinski definition) is 5. The van der Waals surface area contributed by atoms with Crippen LogP contribution in [0.15, 0.2) is 24.5 Å². The number of likely N-dealkylation sites (tertiary alicyclic amines) is 1. The number of rotatable bonds is 3. The van der Waals surface area contributed by atoms with Gasteiger partial charge >= 0.3 is 0 Å². The molecule has 0 bridgehead atoms. The van der Waals surface area contributed by atoms with Gasteiger partial charge in [-0.3, -0.25) is 9.78 Å². The maximum Gasteiger partial charge on any atom is 0.255 e. The van der Waals surface area contributed by atoms with Crippen LogP contribution in [0.2, 0.25) is 0 Å². The van der Waals surface area contributed by atoms with Gasteiger partial charge in [0.15, 0.2) is 0 Å². The Hall–Kier alpha value is -2.34. The highest BCUT2D eigenvalue weighted by atomic mass is 16.5. The van der Waals surface area contributed by atoms with Crippen LogP contribution in [0.4, 0.5) is 0 Å². The Morgan fingerprint density at radius 1 is 1.29 bits per heavy atom. The van der Waals surface area contributed by atoms with Crippen molar-refractivity contribution in [2.24, 2.45) is 0 Å². The number of amides is 1. The summed E-state index contributed by atoms with van der Waals surface area (Å²) >= 11 is 0. The van der Waals surface area contributed by atoms with Gasteiger partial charge in [0.25, 0.3) is 5.91 Å². The summed E-state index contributed by atoms with van der Waals surface area (Å²) in [7, 11) is 0. The minimum atomic E-state index is -0.423. The fourth-order valence-corrected chi connectivity index (χ4v) is 3.33. The van der Waals surface area contributed by atoms with E-state index in [2.05, 4.69) is 21.9 Å². The van der Waals surface area contributed by atoms with Crippen LogP contribution < -0.4 is 0 Å². The molecule has 1 amide bonds. The van der Waals surface area contributed by atoms with Crippen LogP contribution in [0, 0.1) is 6.92 Å². The lowest BCUT2D eigenvalue weighted by atomic mass is 9.87. The first-order chi connectivity index (χ1) is 11.6. The first kappa shape index (κ1) is 15.2. The van der Waals surface area contributed by atoms with E-state index in [1.807, 2.05) is 25.3 Å². The lowest BCUT2D eigenvalue weighted by molar-refractivity contribution is -0.126. The van der Waals surface area contributed by atoms with E-state index in [-0.39, 0.29) is 5.91 Å². The number of hydrogen-bond donors (Lipinski definition) is 0. The summed E-state index contributed by atoms with van der Waals surface area (Å²) in [5.41, 5.74) is 3.10. The van der Waals surface area contributed by atoms with Crippen molar-refractivity contribution in [1.29, 1.82) is 0 Å². The van der Waals surface area contributed by atoms with Gasteiger partial charge < -0.3 is 9.64 Å². The van der Waals surface area contributed by atoms with Gasteiger partial charge in [-0.25, -0.2) is 9.97 Å². The van der Waals surface area contributed by atoms with E-state index in [0.29, 0.717) is 25.3 Å². The van der Waals surface area contributed by atoms with Crippen molar-refractivity contribution in [1.82, 2.24) is 19.9 Å². The highest BCUT2D eigenvalue weighted by Crippen LogP contribution is 2.42. The predicted molar refractivity (Wildman–Crippen MR) is 87.4 cm³/mol. The number of aryl methyl sites for hydroxylation is 2. The molecule has 0 aliphatic carbocycles. The molecule has 2 aliphatic heterocycles. The van der Waals surface area contributed by atoms with Gasteiger partial charge in [0.05, 0.1) is 31.0 Å². The second kappa shape index (κ2) is 5.63. The zero-order chi connectivity index (χ0) is 16.7. The monoisotopic (exact) mass is 324 g/mol. The van der Waals surface area contributed by atoms with Crippen LogP contribution in [-0.2, 0) is 23.4 Å². The van der Waals surface area contributed by atoms with Crippen molar-refractivity contribution >= 4 is 5.91 Å². The Kier molecular flexibility index (Phi) is 3.57. The summed E-state index contributed by atoms with van der Waals surface area (Å²) in [5, 5.41) is 0. The molecule has 6 heteroatoms. The Labute approximate surface area is 140 Å². The summed E-state index contributed by atoms with van der Waals surface area (Å²) in [5.74, 6) is 0.864. The minimum Gasteiger partial charge on any atom is -0.360 e. The maximum atomic E-state index is 12.5. The molecule has 1 fully saturated rings. The molecule has 2 aromatic heterocycles. The summed E-state index contributed by atoms with van der Waals surface area (Å²) in [6.07, 6.45) is 5.42. The molecule has 6 nitrogen and oxygen atoms in total.